The minimum Gasteiger partial charge on any atom is -0.239 e. The van der Waals surface area contributed by atoms with Crippen molar-refractivity contribution in [3.8, 4) is 11.8 Å². The Morgan fingerprint density at radius 3 is 2.61 bits per heavy atom. The molecule has 0 aliphatic heterocycles. The fraction of sp³-hybridized carbons (Fsp3) is 0.0909. The monoisotopic (exact) mass is 315 g/mol. The summed E-state index contributed by atoms with van der Waals surface area (Å²) < 4.78 is 39.0. The fourth-order valence-electron chi connectivity index (χ4n) is 1.40. The van der Waals surface area contributed by atoms with Gasteiger partial charge in [0, 0.05) is 10.7 Å². The maximum absolute atomic E-state index is 12.4. The maximum Gasteiger partial charge on any atom is 0.419 e. The number of nitrogens with zero attached hydrogens (tertiary/aromatic N) is 3. The molecule has 0 spiro atoms. The van der Waals surface area contributed by atoms with E-state index < -0.39 is 11.7 Å². The van der Waals surface area contributed by atoms with Crippen LogP contribution in [0.15, 0.2) is 35.1 Å². The van der Waals surface area contributed by atoms with Gasteiger partial charge in [0.15, 0.2) is 0 Å². The Morgan fingerprint density at radius 2 is 2.06 bits per heavy atom. The zero-order valence-corrected chi connectivity index (χ0v) is 10.3. The minimum atomic E-state index is -4.44. The number of rotatable bonds is 1. The third-order valence-electron chi connectivity index (χ3n) is 2.24. The van der Waals surface area contributed by atoms with E-state index in [4.69, 9.17) is 5.26 Å². The average molecular weight is 316 g/mol. The van der Waals surface area contributed by atoms with E-state index in [9.17, 15) is 13.2 Å². The second kappa shape index (κ2) is 4.46. The molecule has 2 aromatic rings. The molecule has 18 heavy (non-hydrogen) atoms. The fourth-order valence-corrected chi connectivity index (χ4v) is 1.76. The summed E-state index contributed by atoms with van der Waals surface area (Å²) in [4.78, 5) is 0. The van der Waals surface area contributed by atoms with Crippen molar-refractivity contribution in [2.45, 2.75) is 6.18 Å². The van der Waals surface area contributed by atoms with Crippen molar-refractivity contribution >= 4 is 15.9 Å². The van der Waals surface area contributed by atoms with Gasteiger partial charge < -0.3 is 0 Å². The average Bonchev–Trinajstić information content (AvgIpc) is 2.77. The molecule has 92 valence electrons. The van der Waals surface area contributed by atoms with Gasteiger partial charge in [0.1, 0.15) is 6.07 Å². The number of halogens is 4. The van der Waals surface area contributed by atoms with Crippen molar-refractivity contribution in [1.29, 1.82) is 5.26 Å². The Kier molecular flexibility index (Phi) is 3.13. The molecule has 0 N–H and O–H groups in total. The molecule has 7 heteroatoms. The first-order chi connectivity index (χ1) is 8.41. The zero-order chi connectivity index (χ0) is 13.3. The predicted molar refractivity (Wildman–Crippen MR) is 61.0 cm³/mol. The zero-order valence-electron chi connectivity index (χ0n) is 8.74. The van der Waals surface area contributed by atoms with Crippen molar-refractivity contribution in [3.05, 3.63) is 46.2 Å². The van der Waals surface area contributed by atoms with Crippen LogP contribution in [0, 0.1) is 11.3 Å². The van der Waals surface area contributed by atoms with Gasteiger partial charge in [-0.1, -0.05) is 15.9 Å². The van der Waals surface area contributed by atoms with Gasteiger partial charge in [-0.3, -0.25) is 0 Å². The van der Waals surface area contributed by atoms with Crippen molar-refractivity contribution in [2.24, 2.45) is 0 Å². The topological polar surface area (TPSA) is 41.6 Å². The molecule has 0 saturated heterocycles. The molecular weight excluding hydrogens is 311 g/mol. The van der Waals surface area contributed by atoms with Gasteiger partial charge in [-0.2, -0.15) is 23.5 Å². The van der Waals surface area contributed by atoms with E-state index >= 15 is 0 Å². The summed E-state index contributed by atoms with van der Waals surface area (Å²) in [5, 5.41) is 12.6. The normalized spacial score (nSPS) is 11.3. The first kappa shape index (κ1) is 12.6. The summed E-state index contributed by atoms with van der Waals surface area (Å²) in [6, 6.07) is 6.58. The van der Waals surface area contributed by atoms with Crippen molar-refractivity contribution in [1.82, 2.24) is 9.78 Å². The van der Waals surface area contributed by atoms with E-state index in [2.05, 4.69) is 21.0 Å². The smallest absolute Gasteiger partial charge is 0.239 e. The molecule has 0 radical (unpaired) electrons. The molecule has 0 fully saturated rings. The lowest BCUT2D eigenvalue weighted by atomic mass is 10.2. The number of benzene rings is 1. The molecule has 0 aliphatic rings. The number of hydrogen-bond donors (Lipinski definition) is 0. The number of alkyl halides is 3. The van der Waals surface area contributed by atoms with Gasteiger partial charge in [-0.25, -0.2) is 4.68 Å². The van der Waals surface area contributed by atoms with Gasteiger partial charge in [0.25, 0.3) is 0 Å². The summed E-state index contributed by atoms with van der Waals surface area (Å²) in [6.07, 6.45) is -2.87. The molecule has 0 bridgehead atoms. The third-order valence-corrected chi connectivity index (χ3v) is 2.73. The highest BCUT2D eigenvalue weighted by Gasteiger charge is 2.32. The summed E-state index contributed by atoms with van der Waals surface area (Å²) in [7, 11) is 0. The highest BCUT2D eigenvalue weighted by Crippen LogP contribution is 2.29. The van der Waals surface area contributed by atoms with Gasteiger partial charge in [0.05, 0.1) is 23.0 Å². The van der Waals surface area contributed by atoms with Gasteiger partial charge in [-0.05, 0) is 18.2 Å². The SMILES string of the molecule is N#Cc1cc(Br)ccc1-n1cc(C(F)(F)F)cn1. The highest BCUT2D eigenvalue weighted by atomic mass is 79.9. The molecule has 2 rings (SSSR count). The van der Waals surface area contributed by atoms with Crippen molar-refractivity contribution < 1.29 is 13.2 Å². The van der Waals surface area contributed by atoms with Crippen LogP contribution < -0.4 is 0 Å². The standard InChI is InChI=1S/C11H5BrF3N3/c12-9-1-2-10(7(3-9)4-16)18-6-8(5-17-18)11(13,14)15/h1-3,5-6H. The lowest BCUT2D eigenvalue weighted by Gasteiger charge is -2.04. The van der Waals surface area contributed by atoms with E-state index in [-0.39, 0.29) is 5.56 Å². The number of hydrogen-bond acceptors (Lipinski definition) is 2. The third kappa shape index (κ3) is 2.38. The Hall–Kier alpha value is -1.81. The van der Waals surface area contributed by atoms with Gasteiger partial charge in [0.2, 0.25) is 0 Å². The molecule has 1 heterocycles. The van der Waals surface area contributed by atoms with E-state index in [1.54, 1.807) is 6.07 Å². The van der Waals surface area contributed by atoms with E-state index in [1.807, 2.05) is 6.07 Å². The Balaban J connectivity index is 2.50. The minimum absolute atomic E-state index is 0.237. The lowest BCUT2D eigenvalue weighted by molar-refractivity contribution is -0.137. The van der Waals surface area contributed by atoms with Crippen LogP contribution in [0.5, 0.6) is 0 Å². The quantitative estimate of drug-likeness (QED) is 0.808. The predicted octanol–water partition coefficient (Wildman–Crippen LogP) is 3.53. The van der Waals surface area contributed by atoms with Crippen LogP contribution in [-0.2, 0) is 6.18 Å². The summed E-state index contributed by atoms with van der Waals surface area (Å²) >= 11 is 3.19. The van der Waals surface area contributed by atoms with E-state index in [1.165, 1.54) is 12.1 Å². The molecule has 0 atom stereocenters. The number of nitriles is 1. The van der Waals surface area contributed by atoms with Gasteiger partial charge >= 0.3 is 6.18 Å². The number of aromatic nitrogens is 2. The van der Waals surface area contributed by atoms with Crippen LogP contribution in [0.1, 0.15) is 11.1 Å². The lowest BCUT2D eigenvalue weighted by Crippen LogP contribution is -2.03. The first-order valence-electron chi connectivity index (χ1n) is 4.73. The second-order valence-electron chi connectivity index (χ2n) is 3.44. The maximum atomic E-state index is 12.4. The van der Waals surface area contributed by atoms with Crippen LogP contribution in [0.4, 0.5) is 13.2 Å². The van der Waals surface area contributed by atoms with E-state index in [0.717, 1.165) is 17.1 Å². The van der Waals surface area contributed by atoms with Crippen LogP contribution in [0.3, 0.4) is 0 Å². The van der Waals surface area contributed by atoms with Crippen molar-refractivity contribution in [2.75, 3.05) is 0 Å². The molecule has 0 saturated carbocycles. The summed E-state index contributed by atoms with van der Waals surface area (Å²) in [5.74, 6) is 0. The molecule has 0 amide bonds. The molecule has 0 aliphatic carbocycles. The van der Waals surface area contributed by atoms with Crippen molar-refractivity contribution in [3.63, 3.8) is 0 Å². The molecule has 3 nitrogen and oxygen atoms in total. The van der Waals surface area contributed by atoms with Crippen LogP contribution >= 0.6 is 15.9 Å². The first-order valence-corrected chi connectivity index (χ1v) is 5.53. The molecule has 1 aromatic carbocycles. The molecule has 0 unspecified atom stereocenters. The highest BCUT2D eigenvalue weighted by molar-refractivity contribution is 9.10. The van der Waals surface area contributed by atoms with Crippen LogP contribution in [0.25, 0.3) is 5.69 Å². The van der Waals surface area contributed by atoms with Gasteiger partial charge in [-0.15, -0.1) is 0 Å². The largest absolute Gasteiger partial charge is 0.419 e. The van der Waals surface area contributed by atoms with E-state index in [0.29, 0.717) is 10.2 Å². The molecule has 1 aromatic heterocycles. The Morgan fingerprint density at radius 1 is 1.33 bits per heavy atom. The van der Waals surface area contributed by atoms with Crippen LogP contribution in [-0.4, -0.2) is 9.78 Å². The summed E-state index contributed by atoms with van der Waals surface area (Å²) in [6.45, 7) is 0. The van der Waals surface area contributed by atoms with Crippen LogP contribution in [0.2, 0.25) is 0 Å². The summed E-state index contributed by atoms with van der Waals surface area (Å²) in [5.41, 5.74) is -0.313. The second-order valence-corrected chi connectivity index (χ2v) is 4.36. The Labute approximate surface area is 109 Å². The molecular formula is C11H5BrF3N3. The Bertz CT molecular complexity index is 625.